The van der Waals surface area contributed by atoms with Crippen molar-refractivity contribution >= 4 is 0 Å². The van der Waals surface area contributed by atoms with Gasteiger partial charge in [-0.15, -0.1) is 0 Å². The summed E-state index contributed by atoms with van der Waals surface area (Å²) in [4.78, 5) is 2.47. The zero-order chi connectivity index (χ0) is 15.6. The number of rotatable bonds is 6. The van der Waals surface area contributed by atoms with Crippen molar-refractivity contribution in [2.45, 2.75) is 64.3 Å². The summed E-state index contributed by atoms with van der Waals surface area (Å²) in [6, 6.07) is 0. The quantitative estimate of drug-likeness (QED) is 0.809. The SMILES string of the molecule is CCCCn1cc(CN2C[C@H](OC)[C@]3(CCCO3)C2)c(C)n1. The van der Waals surface area contributed by atoms with E-state index < -0.39 is 0 Å². The number of likely N-dealkylation sites (tertiary alicyclic amines) is 1. The van der Waals surface area contributed by atoms with E-state index in [1.54, 1.807) is 0 Å². The van der Waals surface area contributed by atoms with Gasteiger partial charge in [0.15, 0.2) is 0 Å². The summed E-state index contributed by atoms with van der Waals surface area (Å²) >= 11 is 0. The summed E-state index contributed by atoms with van der Waals surface area (Å²) in [5.74, 6) is 0. The van der Waals surface area contributed by atoms with Gasteiger partial charge in [0.2, 0.25) is 0 Å². The molecule has 0 amide bonds. The second-order valence-electron chi connectivity index (χ2n) is 6.77. The van der Waals surface area contributed by atoms with Crippen molar-refractivity contribution in [1.29, 1.82) is 0 Å². The molecule has 2 aliphatic heterocycles. The third-order valence-corrected chi connectivity index (χ3v) is 5.10. The molecule has 0 aromatic carbocycles. The van der Waals surface area contributed by atoms with Crippen molar-refractivity contribution in [3.05, 3.63) is 17.5 Å². The molecule has 124 valence electrons. The normalized spacial score (nSPS) is 29.0. The van der Waals surface area contributed by atoms with Crippen LogP contribution in [0.25, 0.3) is 0 Å². The Morgan fingerprint density at radius 2 is 2.36 bits per heavy atom. The van der Waals surface area contributed by atoms with Gasteiger partial charge in [0.1, 0.15) is 5.60 Å². The number of hydrogen-bond acceptors (Lipinski definition) is 4. The van der Waals surface area contributed by atoms with Gasteiger partial charge in [-0.3, -0.25) is 9.58 Å². The monoisotopic (exact) mass is 307 g/mol. The first-order valence-corrected chi connectivity index (χ1v) is 8.59. The van der Waals surface area contributed by atoms with Crippen molar-refractivity contribution in [3.63, 3.8) is 0 Å². The summed E-state index contributed by atoms with van der Waals surface area (Å²) in [5, 5.41) is 4.65. The molecule has 2 aliphatic rings. The van der Waals surface area contributed by atoms with Crippen LogP contribution in [0.15, 0.2) is 6.20 Å². The van der Waals surface area contributed by atoms with Gasteiger partial charge < -0.3 is 9.47 Å². The molecule has 0 N–H and O–H groups in total. The van der Waals surface area contributed by atoms with Crippen molar-refractivity contribution in [2.75, 3.05) is 26.8 Å². The van der Waals surface area contributed by atoms with Crippen LogP contribution < -0.4 is 0 Å². The van der Waals surface area contributed by atoms with Crippen LogP contribution in [0.3, 0.4) is 0 Å². The van der Waals surface area contributed by atoms with E-state index in [9.17, 15) is 0 Å². The minimum atomic E-state index is -0.0686. The number of aryl methyl sites for hydroxylation is 2. The largest absolute Gasteiger partial charge is 0.377 e. The minimum absolute atomic E-state index is 0.0686. The molecular weight excluding hydrogens is 278 g/mol. The summed E-state index contributed by atoms with van der Waals surface area (Å²) in [5.41, 5.74) is 2.42. The standard InChI is InChI=1S/C17H29N3O2/c1-4-5-8-20-11-15(14(2)18-20)10-19-12-16(21-3)17(13-19)7-6-9-22-17/h11,16H,4-10,12-13H2,1-3H3/t16-,17-/m0/s1. The molecule has 5 heteroatoms. The lowest BCUT2D eigenvalue weighted by molar-refractivity contribution is -0.0756. The molecule has 0 radical (unpaired) electrons. The highest BCUT2D eigenvalue weighted by Gasteiger charge is 2.50. The molecule has 1 aromatic rings. The molecule has 0 bridgehead atoms. The summed E-state index contributed by atoms with van der Waals surface area (Å²) in [6.07, 6.45) is 7.08. The first-order chi connectivity index (χ1) is 10.7. The van der Waals surface area contributed by atoms with Crippen LogP contribution in [0.1, 0.15) is 43.9 Å². The predicted octanol–water partition coefficient (Wildman–Crippen LogP) is 2.37. The van der Waals surface area contributed by atoms with Crippen LogP contribution in [0.5, 0.6) is 0 Å². The lowest BCUT2D eigenvalue weighted by Crippen LogP contribution is -2.41. The summed E-state index contributed by atoms with van der Waals surface area (Å²) in [6.45, 7) is 9.10. The Hall–Kier alpha value is -0.910. The van der Waals surface area contributed by atoms with Crippen LogP contribution in [0, 0.1) is 6.92 Å². The first-order valence-electron chi connectivity index (χ1n) is 8.59. The highest BCUT2D eigenvalue weighted by atomic mass is 16.6. The van der Waals surface area contributed by atoms with Crippen molar-refractivity contribution < 1.29 is 9.47 Å². The molecule has 2 fully saturated rings. The topological polar surface area (TPSA) is 39.5 Å². The van der Waals surface area contributed by atoms with E-state index in [0.29, 0.717) is 0 Å². The highest BCUT2D eigenvalue weighted by Crippen LogP contribution is 2.37. The van der Waals surface area contributed by atoms with E-state index in [2.05, 4.69) is 34.7 Å². The van der Waals surface area contributed by atoms with Gasteiger partial charge in [0.25, 0.3) is 0 Å². The molecule has 1 aromatic heterocycles. The second-order valence-corrected chi connectivity index (χ2v) is 6.77. The van der Waals surface area contributed by atoms with Gasteiger partial charge in [-0.25, -0.2) is 0 Å². The Balaban J connectivity index is 1.65. The average molecular weight is 307 g/mol. The van der Waals surface area contributed by atoms with Crippen molar-refractivity contribution in [1.82, 2.24) is 14.7 Å². The van der Waals surface area contributed by atoms with Gasteiger partial charge in [-0.2, -0.15) is 5.10 Å². The smallest absolute Gasteiger partial charge is 0.108 e. The number of aromatic nitrogens is 2. The van der Waals surface area contributed by atoms with Gasteiger partial charge in [-0.1, -0.05) is 13.3 Å². The fourth-order valence-electron chi connectivity index (χ4n) is 3.84. The van der Waals surface area contributed by atoms with Crippen LogP contribution >= 0.6 is 0 Å². The van der Waals surface area contributed by atoms with Crippen LogP contribution in [-0.4, -0.2) is 53.2 Å². The molecule has 0 aliphatic carbocycles. The number of unbranched alkanes of at least 4 members (excludes halogenated alkanes) is 1. The molecule has 2 atom stereocenters. The fraction of sp³-hybridized carbons (Fsp3) is 0.824. The molecule has 5 nitrogen and oxygen atoms in total. The highest BCUT2D eigenvalue weighted by molar-refractivity contribution is 5.16. The van der Waals surface area contributed by atoms with E-state index in [-0.39, 0.29) is 11.7 Å². The van der Waals surface area contributed by atoms with E-state index >= 15 is 0 Å². The van der Waals surface area contributed by atoms with E-state index in [1.807, 2.05) is 7.11 Å². The molecule has 2 saturated heterocycles. The first kappa shape index (κ1) is 16.0. The third kappa shape index (κ3) is 3.07. The molecule has 0 saturated carbocycles. The van der Waals surface area contributed by atoms with Crippen LogP contribution in [0.2, 0.25) is 0 Å². The van der Waals surface area contributed by atoms with Gasteiger partial charge in [-0.05, 0) is 26.2 Å². The van der Waals surface area contributed by atoms with E-state index in [1.165, 1.54) is 18.4 Å². The summed E-state index contributed by atoms with van der Waals surface area (Å²) < 4.78 is 13.9. The van der Waals surface area contributed by atoms with E-state index in [0.717, 1.165) is 51.3 Å². The maximum absolute atomic E-state index is 6.07. The number of ether oxygens (including phenoxy) is 2. The Kier molecular flexibility index (Phi) is 4.85. The Labute approximate surface area is 133 Å². The van der Waals surface area contributed by atoms with Gasteiger partial charge in [0.05, 0.1) is 11.8 Å². The minimum Gasteiger partial charge on any atom is -0.377 e. The maximum Gasteiger partial charge on any atom is 0.108 e. The Morgan fingerprint density at radius 3 is 3.05 bits per heavy atom. The number of hydrogen-bond donors (Lipinski definition) is 0. The molecular formula is C17H29N3O2. The lowest BCUT2D eigenvalue weighted by atomic mass is 9.96. The number of nitrogens with zero attached hydrogens (tertiary/aromatic N) is 3. The summed E-state index contributed by atoms with van der Waals surface area (Å²) in [7, 11) is 1.81. The predicted molar refractivity (Wildman–Crippen MR) is 85.9 cm³/mol. The van der Waals surface area contributed by atoms with Crippen molar-refractivity contribution in [3.8, 4) is 0 Å². The molecule has 3 rings (SSSR count). The molecule has 1 spiro atoms. The van der Waals surface area contributed by atoms with Crippen molar-refractivity contribution in [2.24, 2.45) is 0 Å². The van der Waals surface area contributed by atoms with E-state index in [4.69, 9.17) is 9.47 Å². The third-order valence-electron chi connectivity index (χ3n) is 5.10. The van der Waals surface area contributed by atoms with Crippen LogP contribution in [-0.2, 0) is 22.6 Å². The zero-order valence-electron chi connectivity index (χ0n) is 14.2. The Morgan fingerprint density at radius 1 is 1.50 bits per heavy atom. The fourth-order valence-corrected chi connectivity index (χ4v) is 3.84. The van der Waals surface area contributed by atoms with Gasteiger partial charge in [0, 0.05) is 51.7 Å². The molecule has 0 unspecified atom stereocenters. The lowest BCUT2D eigenvalue weighted by Gasteiger charge is -2.28. The zero-order valence-corrected chi connectivity index (χ0v) is 14.2. The second kappa shape index (κ2) is 6.69. The van der Waals surface area contributed by atoms with Gasteiger partial charge >= 0.3 is 0 Å². The molecule has 22 heavy (non-hydrogen) atoms. The van der Waals surface area contributed by atoms with Crippen LogP contribution in [0.4, 0.5) is 0 Å². The molecule has 3 heterocycles. The number of methoxy groups -OCH3 is 1. The Bertz CT molecular complexity index is 494. The maximum atomic E-state index is 6.07. The average Bonchev–Trinajstić information content (AvgIpc) is 3.19.